The minimum atomic E-state index is -0.218. The molecule has 0 aliphatic heterocycles. The van der Waals surface area contributed by atoms with Gasteiger partial charge in [-0.1, -0.05) is 91.0 Å². The van der Waals surface area contributed by atoms with Gasteiger partial charge in [-0.05, 0) is 5.56 Å². The Kier molecular flexibility index (Phi) is 4.98. The monoisotopic (exact) mass is 366 g/mol. The first kappa shape index (κ1) is 17.7. The van der Waals surface area contributed by atoms with E-state index >= 15 is 0 Å². The lowest BCUT2D eigenvalue weighted by Gasteiger charge is -2.03. The number of ketones is 1. The summed E-state index contributed by atoms with van der Waals surface area (Å²) in [6.07, 6.45) is 1.17. The van der Waals surface area contributed by atoms with E-state index in [0.29, 0.717) is 34.6 Å². The van der Waals surface area contributed by atoms with Crippen LogP contribution < -0.4 is 0 Å². The second-order valence-corrected chi connectivity index (χ2v) is 6.48. The van der Waals surface area contributed by atoms with Gasteiger partial charge in [-0.3, -0.25) is 9.59 Å². The molecule has 0 aliphatic carbocycles. The smallest absolute Gasteiger partial charge is 0.197 e. The number of carbonyl (C=O) groups is 2. The summed E-state index contributed by atoms with van der Waals surface area (Å²) in [5.74, 6) is 0.714. The fourth-order valence-corrected chi connectivity index (χ4v) is 3.28. The highest BCUT2D eigenvalue weighted by molar-refractivity contribution is 6.16. The lowest BCUT2D eigenvalue weighted by molar-refractivity contribution is 0.103. The summed E-state index contributed by atoms with van der Waals surface area (Å²) >= 11 is 0. The Hall–Kier alpha value is -3.72. The van der Waals surface area contributed by atoms with Crippen LogP contribution >= 0.6 is 0 Å². The zero-order chi connectivity index (χ0) is 19.3. The summed E-state index contributed by atoms with van der Waals surface area (Å²) in [7, 11) is 0. The number of hydrogen-bond acceptors (Lipinski definition) is 3. The molecule has 0 atom stereocenters. The average Bonchev–Trinajstić information content (AvgIpc) is 3.13. The molecule has 0 radical (unpaired) electrons. The van der Waals surface area contributed by atoms with Gasteiger partial charge < -0.3 is 4.42 Å². The third kappa shape index (κ3) is 3.42. The molecule has 0 aliphatic rings. The molecule has 0 unspecified atom stereocenters. The molecular formula is C25H18O3. The number of carbonyl (C=O) groups excluding carboxylic acids is 2. The second-order valence-electron chi connectivity index (χ2n) is 6.48. The standard InChI is InChI=1S/C25H18O3/c26-17-21-22(16-18-10-4-1-5-11-18)28-25(20-14-8-3-9-15-20)23(21)24(27)19-12-6-2-7-13-19/h1-15,17H,16H2. The van der Waals surface area contributed by atoms with Crippen molar-refractivity contribution in [2.45, 2.75) is 6.42 Å². The number of benzene rings is 3. The van der Waals surface area contributed by atoms with E-state index in [1.54, 1.807) is 24.3 Å². The minimum Gasteiger partial charge on any atom is -0.459 e. The Morgan fingerprint density at radius 3 is 1.96 bits per heavy atom. The van der Waals surface area contributed by atoms with E-state index in [0.717, 1.165) is 17.4 Å². The normalized spacial score (nSPS) is 10.6. The third-order valence-corrected chi connectivity index (χ3v) is 4.65. The largest absolute Gasteiger partial charge is 0.459 e. The van der Waals surface area contributed by atoms with Gasteiger partial charge in [0.05, 0.1) is 11.1 Å². The van der Waals surface area contributed by atoms with Crippen molar-refractivity contribution in [3.63, 3.8) is 0 Å². The summed E-state index contributed by atoms with van der Waals surface area (Å²) in [6.45, 7) is 0. The molecule has 136 valence electrons. The van der Waals surface area contributed by atoms with Gasteiger partial charge in [-0.15, -0.1) is 0 Å². The number of furan rings is 1. The molecule has 1 aromatic heterocycles. The van der Waals surface area contributed by atoms with Crippen LogP contribution in [-0.4, -0.2) is 12.1 Å². The minimum absolute atomic E-state index is 0.218. The Labute approximate surface area is 163 Å². The van der Waals surface area contributed by atoms with E-state index in [-0.39, 0.29) is 5.78 Å². The molecule has 3 nitrogen and oxygen atoms in total. The molecule has 0 spiro atoms. The fourth-order valence-electron chi connectivity index (χ4n) is 3.28. The maximum Gasteiger partial charge on any atom is 0.197 e. The van der Waals surface area contributed by atoms with Crippen LogP contribution in [0.3, 0.4) is 0 Å². The zero-order valence-corrected chi connectivity index (χ0v) is 15.2. The van der Waals surface area contributed by atoms with Crippen molar-refractivity contribution >= 4 is 12.1 Å². The van der Waals surface area contributed by atoms with Crippen molar-refractivity contribution in [2.75, 3.05) is 0 Å². The summed E-state index contributed by atoms with van der Waals surface area (Å²) < 4.78 is 6.12. The van der Waals surface area contributed by atoms with Crippen molar-refractivity contribution in [1.82, 2.24) is 0 Å². The zero-order valence-electron chi connectivity index (χ0n) is 15.2. The number of rotatable bonds is 6. The van der Waals surface area contributed by atoms with E-state index < -0.39 is 0 Å². The van der Waals surface area contributed by atoms with Crippen LogP contribution in [0.4, 0.5) is 0 Å². The van der Waals surface area contributed by atoms with E-state index in [1.807, 2.05) is 66.7 Å². The van der Waals surface area contributed by atoms with Crippen LogP contribution in [0.1, 0.15) is 37.6 Å². The summed E-state index contributed by atoms with van der Waals surface area (Å²) in [5, 5.41) is 0. The predicted molar refractivity (Wildman–Crippen MR) is 109 cm³/mol. The van der Waals surface area contributed by atoms with Crippen LogP contribution in [0, 0.1) is 0 Å². The van der Waals surface area contributed by atoms with Gasteiger partial charge in [0.25, 0.3) is 0 Å². The number of hydrogen-bond donors (Lipinski definition) is 0. The highest BCUT2D eigenvalue weighted by Crippen LogP contribution is 2.33. The van der Waals surface area contributed by atoms with E-state index in [4.69, 9.17) is 4.42 Å². The van der Waals surface area contributed by atoms with Crippen molar-refractivity contribution in [1.29, 1.82) is 0 Å². The van der Waals surface area contributed by atoms with Crippen LogP contribution in [-0.2, 0) is 6.42 Å². The molecule has 0 N–H and O–H groups in total. The highest BCUT2D eigenvalue weighted by atomic mass is 16.3. The van der Waals surface area contributed by atoms with Gasteiger partial charge in [0.1, 0.15) is 11.5 Å². The van der Waals surface area contributed by atoms with Crippen LogP contribution in [0.15, 0.2) is 95.4 Å². The van der Waals surface area contributed by atoms with Gasteiger partial charge in [0.15, 0.2) is 12.1 Å². The molecule has 3 aromatic carbocycles. The first-order valence-corrected chi connectivity index (χ1v) is 9.08. The van der Waals surface area contributed by atoms with E-state index in [9.17, 15) is 9.59 Å². The molecule has 28 heavy (non-hydrogen) atoms. The second kappa shape index (κ2) is 7.89. The average molecular weight is 366 g/mol. The summed E-state index contributed by atoms with van der Waals surface area (Å²) in [6, 6.07) is 28.1. The predicted octanol–water partition coefficient (Wildman–Crippen LogP) is 5.58. The first-order valence-electron chi connectivity index (χ1n) is 9.08. The number of aldehydes is 1. The molecule has 0 saturated carbocycles. The van der Waals surface area contributed by atoms with E-state index in [2.05, 4.69) is 0 Å². The SMILES string of the molecule is O=Cc1c(Cc2ccccc2)oc(-c2ccccc2)c1C(=O)c1ccccc1. The van der Waals surface area contributed by atoms with Gasteiger partial charge >= 0.3 is 0 Å². The fraction of sp³-hybridized carbons (Fsp3) is 0.0400. The third-order valence-electron chi connectivity index (χ3n) is 4.65. The quantitative estimate of drug-likeness (QED) is 0.330. The van der Waals surface area contributed by atoms with Crippen LogP contribution in [0.2, 0.25) is 0 Å². The maximum absolute atomic E-state index is 13.3. The van der Waals surface area contributed by atoms with Gasteiger partial charge in [0.2, 0.25) is 0 Å². The lowest BCUT2D eigenvalue weighted by Crippen LogP contribution is -2.05. The van der Waals surface area contributed by atoms with E-state index in [1.165, 1.54) is 0 Å². The summed E-state index contributed by atoms with van der Waals surface area (Å²) in [5.41, 5.74) is 2.94. The van der Waals surface area contributed by atoms with Crippen molar-refractivity contribution in [3.05, 3.63) is 119 Å². The van der Waals surface area contributed by atoms with Crippen molar-refractivity contribution < 1.29 is 14.0 Å². The van der Waals surface area contributed by atoms with Crippen molar-refractivity contribution in [2.24, 2.45) is 0 Å². The Morgan fingerprint density at radius 1 is 0.786 bits per heavy atom. The summed E-state index contributed by atoms with van der Waals surface area (Å²) in [4.78, 5) is 25.3. The van der Waals surface area contributed by atoms with Gasteiger partial charge in [-0.2, -0.15) is 0 Å². The lowest BCUT2D eigenvalue weighted by atomic mass is 9.95. The molecule has 3 heteroatoms. The van der Waals surface area contributed by atoms with Gasteiger partial charge in [-0.25, -0.2) is 0 Å². The van der Waals surface area contributed by atoms with Crippen molar-refractivity contribution in [3.8, 4) is 11.3 Å². The Bertz CT molecular complexity index is 1090. The maximum atomic E-state index is 13.3. The molecular weight excluding hydrogens is 348 g/mol. The Morgan fingerprint density at radius 2 is 1.36 bits per heavy atom. The molecule has 0 fully saturated rings. The molecule has 0 bridgehead atoms. The highest BCUT2D eigenvalue weighted by Gasteiger charge is 2.27. The molecule has 4 rings (SSSR count). The Balaban J connectivity index is 1.89. The van der Waals surface area contributed by atoms with Gasteiger partial charge in [0, 0.05) is 17.5 Å². The molecule has 0 saturated heterocycles. The molecule has 1 heterocycles. The van der Waals surface area contributed by atoms with Crippen LogP contribution in [0.25, 0.3) is 11.3 Å². The molecule has 0 amide bonds. The van der Waals surface area contributed by atoms with Crippen LogP contribution in [0.5, 0.6) is 0 Å². The molecule has 4 aromatic rings. The topological polar surface area (TPSA) is 47.3 Å². The first-order chi connectivity index (χ1) is 13.8.